The zero-order valence-electron chi connectivity index (χ0n) is 15.6. The summed E-state index contributed by atoms with van der Waals surface area (Å²) in [7, 11) is -2.47. The first kappa shape index (κ1) is 19.9. The molecule has 2 aromatic carbocycles. The molecule has 2 N–H and O–H groups in total. The van der Waals surface area contributed by atoms with E-state index in [2.05, 4.69) is 10.0 Å². The molecule has 26 heavy (non-hydrogen) atoms. The number of anilines is 1. The van der Waals surface area contributed by atoms with Gasteiger partial charge in [-0.3, -0.25) is 4.79 Å². The van der Waals surface area contributed by atoms with Crippen molar-refractivity contribution in [3.63, 3.8) is 0 Å². The van der Waals surface area contributed by atoms with Crippen LogP contribution in [0.15, 0.2) is 35.2 Å². The first-order valence-electron chi connectivity index (χ1n) is 8.15. The monoisotopic (exact) mass is 376 g/mol. The van der Waals surface area contributed by atoms with Crippen molar-refractivity contribution in [3.05, 3.63) is 52.6 Å². The summed E-state index contributed by atoms with van der Waals surface area (Å²) in [6, 6.07) is 8.85. The molecular weight excluding hydrogens is 352 g/mol. The lowest BCUT2D eigenvalue weighted by atomic mass is 10.1. The summed E-state index contributed by atoms with van der Waals surface area (Å²) in [5.74, 6) is -0.198. The second-order valence-corrected chi connectivity index (χ2v) is 8.07. The summed E-state index contributed by atoms with van der Waals surface area (Å²) < 4.78 is 32.6. The van der Waals surface area contributed by atoms with E-state index >= 15 is 0 Å². The van der Waals surface area contributed by atoms with Crippen LogP contribution in [0.2, 0.25) is 0 Å². The Kier molecular flexibility index (Phi) is 6.05. The van der Waals surface area contributed by atoms with Gasteiger partial charge in [-0.05, 0) is 74.2 Å². The summed E-state index contributed by atoms with van der Waals surface area (Å²) in [5, 5.41) is 2.70. The molecule has 0 aromatic heterocycles. The minimum absolute atomic E-state index is 0.0160. The normalized spacial score (nSPS) is 11.3. The molecule has 2 aromatic rings. The second kappa shape index (κ2) is 7.88. The van der Waals surface area contributed by atoms with Gasteiger partial charge in [-0.1, -0.05) is 6.07 Å². The average molecular weight is 376 g/mol. The van der Waals surface area contributed by atoms with E-state index in [1.807, 2.05) is 45.9 Å². The number of carbonyl (C=O) groups excluding carboxylic acids is 1. The molecule has 0 saturated carbocycles. The van der Waals surface area contributed by atoms with Gasteiger partial charge < -0.3 is 10.1 Å². The van der Waals surface area contributed by atoms with E-state index < -0.39 is 15.9 Å². The summed E-state index contributed by atoms with van der Waals surface area (Å²) in [6.45, 7) is 7.18. The lowest BCUT2D eigenvalue weighted by molar-refractivity contribution is -0.115. The van der Waals surface area contributed by atoms with Gasteiger partial charge in [-0.25, -0.2) is 13.1 Å². The highest BCUT2D eigenvalue weighted by Crippen LogP contribution is 2.27. The summed E-state index contributed by atoms with van der Waals surface area (Å²) in [6.07, 6.45) is 0. The Morgan fingerprint density at radius 2 is 1.54 bits per heavy atom. The van der Waals surface area contributed by atoms with E-state index in [0.717, 1.165) is 22.3 Å². The molecule has 0 bridgehead atoms. The van der Waals surface area contributed by atoms with Crippen LogP contribution < -0.4 is 14.8 Å². The minimum Gasteiger partial charge on any atom is -0.495 e. The molecule has 140 valence electrons. The predicted molar refractivity (Wildman–Crippen MR) is 102 cm³/mol. The van der Waals surface area contributed by atoms with Crippen LogP contribution in [0.5, 0.6) is 5.75 Å². The topological polar surface area (TPSA) is 84.5 Å². The van der Waals surface area contributed by atoms with Gasteiger partial charge in [0.2, 0.25) is 15.9 Å². The third-order valence-corrected chi connectivity index (χ3v) is 5.42. The number of carbonyl (C=O) groups is 1. The van der Waals surface area contributed by atoms with E-state index in [9.17, 15) is 13.2 Å². The molecule has 0 radical (unpaired) electrons. The van der Waals surface area contributed by atoms with E-state index in [1.54, 1.807) is 12.1 Å². The molecule has 1 amide bonds. The van der Waals surface area contributed by atoms with Crippen molar-refractivity contribution in [1.82, 2.24) is 4.72 Å². The van der Waals surface area contributed by atoms with Crippen LogP contribution in [-0.4, -0.2) is 28.0 Å². The molecule has 2 rings (SSSR count). The molecule has 6 nitrogen and oxygen atoms in total. The number of hydrogen-bond donors (Lipinski definition) is 2. The molecule has 0 atom stereocenters. The molecule has 0 aliphatic carbocycles. The number of benzene rings is 2. The Morgan fingerprint density at radius 3 is 2.12 bits per heavy atom. The van der Waals surface area contributed by atoms with Crippen molar-refractivity contribution in [2.45, 2.75) is 32.6 Å². The smallest absolute Gasteiger partial charge is 0.244 e. The summed E-state index contributed by atoms with van der Waals surface area (Å²) in [5.41, 5.74) is 4.41. The Balaban J connectivity index is 2.13. The van der Waals surface area contributed by atoms with Crippen LogP contribution in [0, 0.1) is 27.7 Å². The third-order valence-electron chi connectivity index (χ3n) is 4.00. The first-order valence-corrected chi connectivity index (χ1v) is 9.64. The van der Waals surface area contributed by atoms with Crippen molar-refractivity contribution in [2.24, 2.45) is 0 Å². The number of nitrogens with one attached hydrogen (secondary N) is 2. The van der Waals surface area contributed by atoms with Crippen LogP contribution in [0.25, 0.3) is 0 Å². The first-order chi connectivity index (χ1) is 12.1. The van der Waals surface area contributed by atoms with Crippen LogP contribution in [0.1, 0.15) is 22.3 Å². The van der Waals surface area contributed by atoms with Crippen LogP contribution in [0.3, 0.4) is 0 Å². The van der Waals surface area contributed by atoms with Gasteiger partial charge in [0, 0.05) is 5.69 Å². The van der Waals surface area contributed by atoms with Gasteiger partial charge in [-0.2, -0.15) is 0 Å². The lowest BCUT2D eigenvalue weighted by Crippen LogP contribution is -2.33. The molecule has 0 spiro atoms. The molecule has 0 aliphatic rings. The van der Waals surface area contributed by atoms with Crippen LogP contribution in [-0.2, 0) is 14.8 Å². The number of methoxy groups -OCH3 is 1. The van der Waals surface area contributed by atoms with Gasteiger partial charge in [0.15, 0.2) is 0 Å². The highest BCUT2D eigenvalue weighted by Gasteiger charge is 2.21. The maximum atomic E-state index is 12.6. The van der Waals surface area contributed by atoms with Crippen molar-refractivity contribution >= 4 is 21.6 Å². The van der Waals surface area contributed by atoms with Crippen molar-refractivity contribution < 1.29 is 17.9 Å². The van der Waals surface area contributed by atoms with E-state index in [-0.39, 0.29) is 17.2 Å². The fraction of sp³-hybridized carbons (Fsp3) is 0.316. The third kappa shape index (κ3) is 4.83. The van der Waals surface area contributed by atoms with Crippen molar-refractivity contribution in [3.8, 4) is 5.75 Å². The Bertz CT molecular complexity index is 917. The quantitative estimate of drug-likeness (QED) is 0.812. The molecular formula is C19H24N2O4S. The van der Waals surface area contributed by atoms with Gasteiger partial charge >= 0.3 is 0 Å². The van der Waals surface area contributed by atoms with Gasteiger partial charge in [-0.15, -0.1) is 0 Å². The SMILES string of the molecule is COc1cc(C)c(C)cc1S(=O)(=O)NCC(=O)Nc1cc(C)cc(C)c1. The zero-order chi connectivity index (χ0) is 19.5. The standard InChI is InChI=1S/C19H24N2O4S/c1-12-6-13(2)8-16(7-12)21-19(22)11-20-26(23,24)18-10-15(4)14(3)9-17(18)25-5/h6-10,20H,11H2,1-5H3,(H,21,22). The minimum atomic E-state index is -3.88. The molecule has 0 heterocycles. The number of rotatable bonds is 6. The average Bonchev–Trinajstić information content (AvgIpc) is 2.54. The molecule has 0 fully saturated rings. The fourth-order valence-corrected chi connectivity index (χ4v) is 3.84. The van der Waals surface area contributed by atoms with E-state index in [4.69, 9.17) is 4.74 Å². The second-order valence-electron chi connectivity index (χ2n) is 6.34. The Morgan fingerprint density at radius 1 is 0.962 bits per heavy atom. The van der Waals surface area contributed by atoms with Gasteiger partial charge in [0.05, 0.1) is 13.7 Å². The Labute approximate surface area is 154 Å². The highest BCUT2D eigenvalue weighted by molar-refractivity contribution is 7.89. The molecule has 7 heteroatoms. The molecule has 0 saturated heterocycles. The van der Waals surface area contributed by atoms with Crippen molar-refractivity contribution in [1.29, 1.82) is 0 Å². The maximum Gasteiger partial charge on any atom is 0.244 e. The van der Waals surface area contributed by atoms with E-state index in [0.29, 0.717) is 5.69 Å². The summed E-state index contributed by atoms with van der Waals surface area (Å²) >= 11 is 0. The fourth-order valence-electron chi connectivity index (χ4n) is 2.62. The zero-order valence-corrected chi connectivity index (χ0v) is 16.5. The summed E-state index contributed by atoms with van der Waals surface area (Å²) in [4.78, 5) is 12.1. The number of sulfonamides is 1. The lowest BCUT2D eigenvalue weighted by Gasteiger charge is -2.13. The number of ether oxygens (including phenoxy) is 1. The van der Waals surface area contributed by atoms with Gasteiger partial charge in [0.25, 0.3) is 0 Å². The van der Waals surface area contributed by atoms with E-state index in [1.165, 1.54) is 7.11 Å². The predicted octanol–water partition coefficient (Wildman–Crippen LogP) is 2.85. The number of amides is 1. The van der Waals surface area contributed by atoms with Crippen LogP contribution in [0.4, 0.5) is 5.69 Å². The highest BCUT2D eigenvalue weighted by atomic mass is 32.2. The molecule has 0 aliphatic heterocycles. The maximum absolute atomic E-state index is 12.6. The number of aryl methyl sites for hydroxylation is 4. The largest absolute Gasteiger partial charge is 0.495 e. The Hall–Kier alpha value is -2.38. The van der Waals surface area contributed by atoms with Gasteiger partial charge in [0.1, 0.15) is 10.6 Å². The van der Waals surface area contributed by atoms with Crippen molar-refractivity contribution in [2.75, 3.05) is 19.0 Å². The molecule has 0 unspecified atom stereocenters. The number of hydrogen-bond acceptors (Lipinski definition) is 4. The van der Waals surface area contributed by atoms with Crippen LogP contribution >= 0.6 is 0 Å².